The highest BCUT2D eigenvalue weighted by Gasteiger charge is 2.11. The van der Waals surface area contributed by atoms with Gasteiger partial charge in [0.05, 0.1) is 17.9 Å². The van der Waals surface area contributed by atoms with E-state index in [1.165, 1.54) is 0 Å². The van der Waals surface area contributed by atoms with E-state index in [1.807, 2.05) is 30.1 Å². The molecule has 0 amide bonds. The molecule has 2 rings (SSSR count). The molecule has 17 heavy (non-hydrogen) atoms. The smallest absolute Gasteiger partial charge is 0.176 e. The van der Waals surface area contributed by atoms with Crippen LogP contribution in [0.3, 0.4) is 0 Å². The van der Waals surface area contributed by atoms with Gasteiger partial charge in [0.2, 0.25) is 0 Å². The zero-order valence-electron chi connectivity index (χ0n) is 10.2. The van der Waals surface area contributed by atoms with Crippen LogP contribution in [0.1, 0.15) is 38.4 Å². The highest BCUT2D eigenvalue weighted by molar-refractivity contribution is 5.19. The van der Waals surface area contributed by atoms with E-state index >= 15 is 0 Å². The van der Waals surface area contributed by atoms with Gasteiger partial charge in [-0.05, 0) is 13.3 Å². The highest BCUT2D eigenvalue weighted by atomic mass is 15.5. The van der Waals surface area contributed by atoms with Gasteiger partial charge in [0.15, 0.2) is 5.82 Å². The third kappa shape index (κ3) is 2.52. The standard InChI is InChI=1S/C11H18N6/c1-3-5-9(12)10-8-17(15-13-10)11-6-7-16(4-2)14-11/h6-9H,3-5,12H2,1-2H3. The van der Waals surface area contributed by atoms with Crippen molar-refractivity contribution in [3.8, 4) is 5.82 Å². The Morgan fingerprint density at radius 1 is 1.41 bits per heavy atom. The Morgan fingerprint density at radius 3 is 2.88 bits per heavy atom. The lowest BCUT2D eigenvalue weighted by Crippen LogP contribution is -2.10. The number of hydrogen-bond donors (Lipinski definition) is 1. The van der Waals surface area contributed by atoms with Crippen molar-refractivity contribution in [3.05, 3.63) is 24.2 Å². The fraction of sp³-hybridized carbons (Fsp3) is 0.545. The first kappa shape index (κ1) is 11.8. The molecule has 1 atom stereocenters. The topological polar surface area (TPSA) is 74.5 Å². The van der Waals surface area contributed by atoms with Gasteiger partial charge >= 0.3 is 0 Å². The molecule has 2 aromatic heterocycles. The summed E-state index contributed by atoms with van der Waals surface area (Å²) in [6, 6.07) is 1.87. The molecule has 0 aliphatic heterocycles. The maximum absolute atomic E-state index is 5.99. The second-order valence-electron chi connectivity index (χ2n) is 4.01. The van der Waals surface area contributed by atoms with Crippen molar-refractivity contribution in [3.63, 3.8) is 0 Å². The lowest BCUT2D eigenvalue weighted by molar-refractivity contribution is 0.619. The Morgan fingerprint density at radius 2 is 2.24 bits per heavy atom. The first-order chi connectivity index (χ1) is 8.24. The van der Waals surface area contributed by atoms with Crippen LogP contribution in [0, 0.1) is 0 Å². The minimum absolute atomic E-state index is 0.0398. The van der Waals surface area contributed by atoms with E-state index in [1.54, 1.807) is 4.68 Å². The van der Waals surface area contributed by atoms with Crippen LogP contribution in [-0.4, -0.2) is 24.8 Å². The van der Waals surface area contributed by atoms with E-state index in [0.717, 1.165) is 30.9 Å². The molecule has 6 nitrogen and oxygen atoms in total. The van der Waals surface area contributed by atoms with Gasteiger partial charge in [-0.3, -0.25) is 4.68 Å². The van der Waals surface area contributed by atoms with Gasteiger partial charge in [-0.25, -0.2) is 4.68 Å². The summed E-state index contributed by atoms with van der Waals surface area (Å²) < 4.78 is 3.51. The molecule has 0 aromatic carbocycles. The number of nitrogens with two attached hydrogens (primary N) is 1. The maximum atomic E-state index is 5.99. The predicted molar refractivity (Wildman–Crippen MR) is 64.7 cm³/mol. The molecule has 2 N–H and O–H groups in total. The summed E-state index contributed by atoms with van der Waals surface area (Å²) in [5, 5.41) is 12.5. The average molecular weight is 234 g/mol. The second-order valence-corrected chi connectivity index (χ2v) is 4.01. The van der Waals surface area contributed by atoms with Crippen LogP contribution in [0.2, 0.25) is 0 Å². The Kier molecular flexibility index (Phi) is 3.53. The van der Waals surface area contributed by atoms with Crippen molar-refractivity contribution in [2.45, 2.75) is 39.3 Å². The summed E-state index contributed by atoms with van der Waals surface area (Å²) in [6.07, 6.45) is 5.73. The molecule has 1 unspecified atom stereocenters. The van der Waals surface area contributed by atoms with Gasteiger partial charge in [-0.15, -0.1) is 5.10 Å². The zero-order chi connectivity index (χ0) is 12.3. The molecule has 0 aliphatic carbocycles. The van der Waals surface area contributed by atoms with Crippen LogP contribution in [0.4, 0.5) is 0 Å². The average Bonchev–Trinajstić information content (AvgIpc) is 2.98. The molecule has 0 fully saturated rings. The molecule has 0 aliphatic rings. The number of aromatic nitrogens is 5. The summed E-state index contributed by atoms with van der Waals surface area (Å²) in [6.45, 7) is 4.99. The van der Waals surface area contributed by atoms with Crippen molar-refractivity contribution < 1.29 is 0 Å². The van der Waals surface area contributed by atoms with Gasteiger partial charge in [-0.1, -0.05) is 18.6 Å². The Bertz CT molecular complexity index is 472. The third-order valence-corrected chi connectivity index (χ3v) is 2.68. The molecule has 0 saturated heterocycles. The van der Waals surface area contributed by atoms with E-state index in [9.17, 15) is 0 Å². The van der Waals surface area contributed by atoms with Crippen LogP contribution in [0.15, 0.2) is 18.5 Å². The number of aryl methyl sites for hydroxylation is 1. The number of rotatable bonds is 5. The monoisotopic (exact) mass is 234 g/mol. The van der Waals surface area contributed by atoms with E-state index in [4.69, 9.17) is 5.73 Å². The van der Waals surface area contributed by atoms with Crippen molar-refractivity contribution in [1.82, 2.24) is 24.8 Å². The Hall–Kier alpha value is -1.69. The van der Waals surface area contributed by atoms with Crippen molar-refractivity contribution in [2.24, 2.45) is 5.73 Å². The quantitative estimate of drug-likeness (QED) is 0.845. The predicted octanol–water partition coefficient (Wildman–Crippen LogP) is 1.28. The Balaban J connectivity index is 2.17. The summed E-state index contributed by atoms with van der Waals surface area (Å²) in [4.78, 5) is 0. The molecule has 6 heteroatoms. The van der Waals surface area contributed by atoms with Crippen molar-refractivity contribution >= 4 is 0 Å². The van der Waals surface area contributed by atoms with Crippen molar-refractivity contribution in [2.75, 3.05) is 0 Å². The van der Waals surface area contributed by atoms with E-state index in [2.05, 4.69) is 22.3 Å². The van der Waals surface area contributed by atoms with Gasteiger partial charge < -0.3 is 5.73 Å². The first-order valence-electron chi connectivity index (χ1n) is 5.96. The lowest BCUT2D eigenvalue weighted by atomic mass is 10.1. The Labute approximate surface area is 100 Å². The summed E-state index contributed by atoms with van der Waals surface area (Å²) in [5.74, 6) is 0.772. The first-order valence-corrected chi connectivity index (χ1v) is 5.96. The molecule has 92 valence electrons. The van der Waals surface area contributed by atoms with Gasteiger partial charge in [0.1, 0.15) is 0 Å². The number of hydrogen-bond acceptors (Lipinski definition) is 4. The van der Waals surface area contributed by atoms with Crippen LogP contribution < -0.4 is 5.73 Å². The molecule has 0 spiro atoms. The highest BCUT2D eigenvalue weighted by Crippen LogP contribution is 2.13. The van der Waals surface area contributed by atoms with Crippen LogP contribution in [-0.2, 0) is 6.54 Å². The molecular formula is C11H18N6. The molecule has 2 heterocycles. The summed E-state index contributed by atoms with van der Waals surface area (Å²) >= 11 is 0. The van der Waals surface area contributed by atoms with Gasteiger partial charge in [-0.2, -0.15) is 5.10 Å². The van der Waals surface area contributed by atoms with Crippen molar-refractivity contribution in [1.29, 1.82) is 0 Å². The molecular weight excluding hydrogens is 216 g/mol. The fourth-order valence-corrected chi connectivity index (χ4v) is 1.67. The van der Waals surface area contributed by atoms with Crippen LogP contribution in [0.5, 0.6) is 0 Å². The summed E-state index contributed by atoms with van der Waals surface area (Å²) in [5.41, 5.74) is 6.80. The third-order valence-electron chi connectivity index (χ3n) is 2.68. The SMILES string of the molecule is CCCC(N)c1cn(-c2ccn(CC)n2)nn1. The number of nitrogens with zero attached hydrogens (tertiary/aromatic N) is 5. The normalized spacial score (nSPS) is 12.9. The molecule has 0 radical (unpaired) electrons. The minimum atomic E-state index is -0.0398. The van der Waals surface area contributed by atoms with Crippen LogP contribution >= 0.6 is 0 Å². The lowest BCUT2D eigenvalue weighted by Gasteiger charge is -2.03. The van der Waals surface area contributed by atoms with Gasteiger partial charge in [0.25, 0.3) is 0 Å². The van der Waals surface area contributed by atoms with E-state index in [0.29, 0.717) is 0 Å². The van der Waals surface area contributed by atoms with E-state index in [-0.39, 0.29) is 6.04 Å². The van der Waals surface area contributed by atoms with Crippen LogP contribution in [0.25, 0.3) is 5.82 Å². The molecule has 2 aromatic rings. The minimum Gasteiger partial charge on any atom is -0.323 e. The van der Waals surface area contributed by atoms with E-state index < -0.39 is 0 Å². The molecule has 0 bridgehead atoms. The summed E-state index contributed by atoms with van der Waals surface area (Å²) in [7, 11) is 0. The molecule has 0 saturated carbocycles. The van der Waals surface area contributed by atoms with Gasteiger partial charge in [0, 0.05) is 18.8 Å². The fourth-order valence-electron chi connectivity index (χ4n) is 1.67. The maximum Gasteiger partial charge on any atom is 0.176 e. The zero-order valence-corrected chi connectivity index (χ0v) is 10.2. The second kappa shape index (κ2) is 5.09. The largest absolute Gasteiger partial charge is 0.323 e.